The van der Waals surface area contributed by atoms with Crippen LogP contribution in [0.1, 0.15) is 0 Å². The topological polar surface area (TPSA) is 48.7 Å². The normalized spacial score (nSPS) is 16.1. The Kier molecular flexibility index (Phi) is 4.40. The van der Waals surface area contributed by atoms with Gasteiger partial charge in [-0.05, 0) is 13.1 Å². The zero-order valence-electron chi connectivity index (χ0n) is 13.2. The van der Waals surface area contributed by atoms with E-state index in [2.05, 4.69) is 0 Å². The molecule has 0 bridgehead atoms. The van der Waals surface area contributed by atoms with E-state index in [-0.39, 0.29) is 23.1 Å². The first-order chi connectivity index (χ1) is 11.4. The van der Waals surface area contributed by atoms with Crippen LogP contribution in [0.5, 0.6) is 5.75 Å². The number of benzene rings is 1. The average molecular weight is 341 g/mol. The fourth-order valence-corrected chi connectivity index (χ4v) is 3.05. The summed E-state index contributed by atoms with van der Waals surface area (Å²) in [5.41, 5.74) is -1.28. The van der Waals surface area contributed by atoms with Crippen molar-refractivity contribution >= 4 is 16.6 Å². The minimum absolute atomic E-state index is 0.189. The first-order valence-corrected chi connectivity index (χ1v) is 7.67. The van der Waals surface area contributed by atoms with Gasteiger partial charge in [0.2, 0.25) is 5.43 Å². The SMILES string of the molecule is CN1CCN(c2c(F)cc3c(=O)c(O)cn(CCF)c3c2F)CC1. The molecule has 130 valence electrons. The van der Waals surface area contributed by atoms with Crippen LogP contribution < -0.4 is 10.3 Å². The third kappa shape index (κ3) is 2.71. The van der Waals surface area contributed by atoms with Gasteiger partial charge in [0, 0.05) is 26.2 Å². The molecule has 1 aromatic carbocycles. The number of fused-ring (bicyclic) bond motifs is 1. The number of nitrogens with zero attached hydrogens (tertiary/aromatic N) is 3. The quantitative estimate of drug-likeness (QED) is 0.923. The summed E-state index contributed by atoms with van der Waals surface area (Å²) in [7, 11) is 1.92. The Morgan fingerprint density at radius 1 is 1.21 bits per heavy atom. The van der Waals surface area contributed by atoms with Crippen LogP contribution in [0.25, 0.3) is 10.9 Å². The Morgan fingerprint density at radius 2 is 1.88 bits per heavy atom. The summed E-state index contributed by atoms with van der Waals surface area (Å²) in [4.78, 5) is 15.6. The zero-order chi connectivity index (χ0) is 17.4. The van der Waals surface area contributed by atoms with Gasteiger partial charge in [-0.1, -0.05) is 0 Å². The smallest absolute Gasteiger partial charge is 0.231 e. The summed E-state index contributed by atoms with van der Waals surface area (Å²) < 4.78 is 43.4. The van der Waals surface area contributed by atoms with Gasteiger partial charge in [0.25, 0.3) is 0 Å². The summed E-state index contributed by atoms with van der Waals surface area (Å²) in [5, 5.41) is 9.34. The van der Waals surface area contributed by atoms with Gasteiger partial charge in [-0.15, -0.1) is 0 Å². The number of likely N-dealkylation sites (N-methyl/N-ethyl adjacent to an activating group) is 1. The molecule has 0 spiro atoms. The second-order valence-electron chi connectivity index (χ2n) is 5.93. The van der Waals surface area contributed by atoms with Gasteiger partial charge >= 0.3 is 0 Å². The van der Waals surface area contributed by atoms with Crippen LogP contribution in [0.3, 0.4) is 0 Å². The minimum Gasteiger partial charge on any atom is -0.503 e. The van der Waals surface area contributed by atoms with Crippen LogP contribution in [0.2, 0.25) is 0 Å². The first-order valence-electron chi connectivity index (χ1n) is 7.67. The highest BCUT2D eigenvalue weighted by Crippen LogP contribution is 2.31. The highest BCUT2D eigenvalue weighted by Gasteiger charge is 2.25. The molecule has 0 unspecified atom stereocenters. The van der Waals surface area contributed by atoms with E-state index in [4.69, 9.17) is 0 Å². The number of pyridine rings is 1. The Labute approximate surface area is 136 Å². The maximum Gasteiger partial charge on any atom is 0.231 e. The third-order valence-corrected chi connectivity index (χ3v) is 4.36. The molecule has 24 heavy (non-hydrogen) atoms. The molecule has 1 aliphatic heterocycles. The van der Waals surface area contributed by atoms with E-state index in [1.807, 2.05) is 11.9 Å². The molecule has 1 N–H and O–H groups in total. The standard InChI is InChI=1S/C16H18F3N3O2/c1-20-4-6-21(7-5-20)15-11(18)8-10-14(13(15)19)22(3-2-17)9-12(23)16(10)24/h8-9,23H,2-7H2,1H3. The second-order valence-corrected chi connectivity index (χ2v) is 5.93. The van der Waals surface area contributed by atoms with Gasteiger partial charge in [0.15, 0.2) is 11.6 Å². The lowest BCUT2D eigenvalue weighted by molar-refractivity contribution is 0.310. The molecule has 1 fully saturated rings. The number of aryl methyl sites for hydroxylation is 1. The van der Waals surface area contributed by atoms with E-state index in [9.17, 15) is 18.7 Å². The summed E-state index contributed by atoms with van der Waals surface area (Å²) in [6.07, 6.45) is 0.985. The lowest BCUT2D eigenvalue weighted by atomic mass is 10.1. The lowest BCUT2D eigenvalue weighted by Crippen LogP contribution is -2.45. The van der Waals surface area contributed by atoms with E-state index in [0.717, 1.165) is 16.8 Å². The number of hydrogen-bond acceptors (Lipinski definition) is 4. The van der Waals surface area contributed by atoms with Crippen LogP contribution >= 0.6 is 0 Å². The lowest BCUT2D eigenvalue weighted by Gasteiger charge is -2.34. The highest BCUT2D eigenvalue weighted by atomic mass is 19.1. The van der Waals surface area contributed by atoms with E-state index in [1.54, 1.807) is 4.90 Å². The van der Waals surface area contributed by atoms with Gasteiger partial charge in [-0.25, -0.2) is 13.2 Å². The molecular weight excluding hydrogens is 323 g/mol. The van der Waals surface area contributed by atoms with Gasteiger partial charge < -0.3 is 19.5 Å². The van der Waals surface area contributed by atoms with Crippen LogP contribution in [-0.4, -0.2) is 54.5 Å². The second kappa shape index (κ2) is 6.35. The molecule has 0 aliphatic carbocycles. The predicted molar refractivity (Wildman–Crippen MR) is 85.5 cm³/mol. The first kappa shape index (κ1) is 16.6. The summed E-state index contributed by atoms with van der Waals surface area (Å²) >= 11 is 0. The largest absolute Gasteiger partial charge is 0.503 e. The molecule has 1 aromatic heterocycles. The zero-order valence-corrected chi connectivity index (χ0v) is 13.2. The number of rotatable bonds is 3. The molecule has 0 amide bonds. The molecule has 8 heteroatoms. The van der Waals surface area contributed by atoms with E-state index < -0.39 is 29.5 Å². The summed E-state index contributed by atoms with van der Waals surface area (Å²) in [6.45, 7) is 1.16. The molecule has 1 saturated heterocycles. The van der Waals surface area contributed by atoms with Crippen LogP contribution in [-0.2, 0) is 6.54 Å². The van der Waals surface area contributed by atoms with Crippen molar-refractivity contribution in [2.75, 3.05) is 44.8 Å². The van der Waals surface area contributed by atoms with E-state index >= 15 is 4.39 Å². The molecule has 0 radical (unpaired) electrons. The molecule has 0 atom stereocenters. The van der Waals surface area contributed by atoms with Crippen LogP contribution in [0.15, 0.2) is 17.1 Å². The van der Waals surface area contributed by atoms with E-state index in [0.29, 0.717) is 26.2 Å². The van der Waals surface area contributed by atoms with Crippen LogP contribution in [0.4, 0.5) is 18.9 Å². The maximum atomic E-state index is 15.0. The molecule has 5 nitrogen and oxygen atoms in total. The molecule has 3 rings (SSSR count). The Hall–Kier alpha value is -2.22. The van der Waals surface area contributed by atoms with Gasteiger partial charge in [-0.3, -0.25) is 4.79 Å². The molecule has 0 saturated carbocycles. The molecule has 1 aliphatic rings. The fraction of sp³-hybridized carbons (Fsp3) is 0.438. The van der Waals surface area contributed by atoms with Gasteiger partial charge in [0.05, 0.1) is 23.6 Å². The maximum absolute atomic E-state index is 15.0. The van der Waals surface area contributed by atoms with Crippen molar-refractivity contribution in [3.8, 4) is 5.75 Å². The summed E-state index contributed by atoms with van der Waals surface area (Å²) in [5.74, 6) is -2.43. The molecule has 2 aromatic rings. The number of aromatic hydroxyl groups is 1. The Balaban J connectivity index is 2.23. The van der Waals surface area contributed by atoms with Crippen molar-refractivity contribution in [2.45, 2.75) is 6.54 Å². The van der Waals surface area contributed by atoms with Gasteiger partial charge in [0.1, 0.15) is 18.2 Å². The third-order valence-electron chi connectivity index (χ3n) is 4.36. The van der Waals surface area contributed by atoms with Crippen molar-refractivity contribution in [3.05, 3.63) is 34.1 Å². The molecule has 2 heterocycles. The fourth-order valence-electron chi connectivity index (χ4n) is 3.05. The van der Waals surface area contributed by atoms with Crippen molar-refractivity contribution < 1.29 is 18.3 Å². The minimum atomic E-state index is -0.903. The summed E-state index contributed by atoms with van der Waals surface area (Å²) in [6, 6.07) is 0.919. The van der Waals surface area contributed by atoms with E-state index in [1.165, 1.54) is 0 Å². The molecular formula is C16H18F3N3O2. The van der Waals surface area contributed by atoms with Crippen molar-refractivity contribution in [1.29, 1.82) is 0 Å². The number of halogens is 3. The number of anilines is 1. The Morgan fingerprint density at radius 3 is 2.50 bits per heavy atom. The number of aromatic nitrogens is 1. The number of alkyl halides is 1. The number of piperazine rings is 1. The number of hydrogen-bond donors (Lipinski definition) is 1. The predicted octanol–water partition coefficient (Wildman–Crippen LogP) is 1.71. The monoisotopic (exact) mass is 341 g/mol. The van der Waals surface area contributed by atoms with Crippen molar-refractivity contribution in [2.24, 2.45) is 0 Å². The van der Waals surface area contributed by atoms with Crippen LogP contribution in [0, 0.1) is 11.6 Å². The average Bonchev–Trinajstić information content (AvgIpc) is 2.54. The van der Waals surface area contributed by atoms with Crippen molar-refractivity contribution in [3.63, 3.8) is 0 Å². The Bertz CT molecular complexity index is 830. The van der Waals surface area contributed by atoms with Crippen molar-refractivity contribution in [1.82, 2.24) is 9.47 Å². The highest BCUT2D eigenvalue weighted by molar-refractivity contribution is 5.85. The van der Waals surface area contributed by atoms with Gasteiger partial charge in [-0.2, -0.15) is 0 Å².